The number of nitriles is 1. The van der Waals surface area contributed by atoms with Crippen LogP contribution in [0.1, 0.15) is 31.2 Å². The molecular formula is C14H18N2O4S. The van der Waals surface area contributed by atoms with Crippen molar-refractivity contribution in [2.24, 2.45) is 0 Å². The Hall–Kier alpha value is -1.62. The fourth-order valence-electron chi connectivity index (χ4n) is 2.42. The monoisotopic (exact) mass is 310 g/mol. The van der Waals surface area contributed by atoms with Crippen molar-refractivity contribution in [2.75, 3.05) is 7.11 Å². The van der Waals surface area contributed by atoms with Gasteiger partial charge in [0.2, 0.25) is 10.0 Å². The van der Waals surface area contributed by atoms with Crippen LogP contribution in [0, 0.1) is 11.3 Å². The molecule has 0 amide bonds. The molecule has 21 heavy (non-hydrogen) atoms. The standard InChI is InChI=1S/C14H18N2O4S/c1-20-14-7-6-13(8-10(14)9-15)21(18,19)16-11-2-4-12(17)5-3-11/h6-8,11-12,16-17H,2-5H2,1H3. The van der Waals surface area contributed by atoms with Gasteiger partial charge in [0.25, 0.3) is 0 Å². The predicted molar refractivity (Wildman–Crippen MR) is 76.3 cm³/mol. The lowest BCUT2D eigenvalue weighted by Gasteiger charge is -2.26. The number of ether oxygens (including phenoxy) is 1. The van der Waals surface area contributed by atoms with Crippen molar-refractivity contribution < 1.29 is 18.3 Å². The van der Waals surface area contributed by atoms with Gasteiger partial charge in [0.1, 0.15) is 11.8 Å². The van der Waals surface area contributed by atoms with Crippen LogP contribution in [0.5, 0.6) is 5.75 Å². The van der Waals surface area contributed by atoms with Gasteiger partial charge in [-0.05, 0) is 43.9 Å². The zero-order valence-corrected chi connectivity index (χ0v) is 12.6. The average molecular weight is 310 g/mol. The molecule has 7 heteroatoms. The van der Waals surface area contributed by atoms with E-state index in [-0.39, 0.29) is 22.6 Å². The van der Waals surface area contributed by atoms with E-state index in [0.29, 0.717) is 31.4 Å². The summed E-state index contributed by atoms with van der Waals surface area (Å²) in [7, 11) is -2.25. The first-order valence-electron chi connectivity index (χ1n) is 6.75. The van der Waals surface area contributed by atoms with Crippen molar-refractivity contribution in [3.63, 3.8) is 0 Å². The van der Waals surface area contributed by atoms with Crippen LogP contribution in [-0.2, 0) is 10.0 Å². The SMILES string of the molecule is COc1ccc(S(=O)(=O)NC2CCC(O)CC2)cc1C#N. The molecule has 2 N–H and O–H groups in total. The summed E-state index contributed by atoms with van der Waals surface area (Å²) < 4.78 is 32.3. The molecule has 6 nitrogen and oxygen atoms in total. The maximum atomic E-state index is 12.3. The third-order valence-electron chi connectivity index (χ3n) is 3.62. The molecule has 2 rings (SSSR count). The van der Waals surface area contributed by atoms with Gasteiger partial charge in [-0.2, -0.15) is 5.26 Å². The molecule has 0 heterocycles. The molecule has 114 valence electrons. The third kappa shape index (κ3) is 3.73. The van der Waals surface area contributed by atoms with Gasteiger partial charge < -0.3 is 9.84 Å². The number of hydrogen-bond acceptors (Lipinski definition) is 5. The van der Waals surface area contributed by atoms with Crippen molar-refractivity contribution in [3.8, 4) is 11.8 Å². The lowest BCUT2D eigenvalue weighted by Crippen LogP contribution is -2.38. The van der Waals surface area contributed by atoms with E-state index in [2.05, 4.69) is 4.72 Å². The smallest absolute Gasteiger partial charge is 0.240 e. The number of aliphatic hydroxyl groups is 1. The Labute approximate surface area is 124 Å². The van der Waals surface area contributed by atoms with E-state index >= 15 is 0 Å². The van der Waals surface area contributed by atoms with Crippen LogP contribution in [-0.4, -0.2) is 32.8 Å². The highest BCUT2D eigenvalue weighted by atomic mass is 32.2. The van der Waals surface area contributed by atoms with Crippen molar-refractivity contribution in [1.29, 1.82) is 5.26 Å². The molecule has 1 fully saturated rings. The summed E-state index contributed by atoms with van der Waals surface area (Å²) in [6.07, 6.45) is 2.08. The molecule has 0 unspecified atom stereocenters. The molecule has 0 bridgehead atoms. The molecule has 1 aromatic carbocycles. The number of sulfonamides is 1. The first kappa shape index (κ1) is 15.8. The van der Waals surface area contributed by atoms with E-state index in [1.807, 2.05) is 6.07 Å². The number of nitrogens with zero attached hydrogens (tertiary/aromatic N) is 1. The Morgan fingerprint density at radius 1 is 1.33 bits per heavy atom. The minimum Gasteiger partial charge on any atom is -0.495 e. The van der Waals surface area contributed by atoms with Crippen LogP contribution >= 0.6 is 0 Å². The average Bonchev–Trinajstić information content (AvgIpc) is 2.48. The maximum absolute atomic E-state index is 12.3. The molecule has 1 saturated carbocycles. The second-order valence-corrected chi connectivity index (χ2v) is 6.81. The van der Waals surface area contributed by atoms with E-state index in [1.54, 1.807) is 0 Å². The second-order valence-electron chi connectivity index (χ2n) is 5.10. The topological polar surface area (TPSA) is 99.4 Å². The summed E-state index contributed by atoms with van der Waals surface area (Å²) in [5.41, 5.74) is 0.180. The lowest BCUT2D eigenvalue weighted by atomic mass is 9.94. The van der Waals surface area contributed by atoms with Gasteiger partial charge in [-0.1, -0.05) is 0 Å². The van der Waals surface area contributed by atoms with Crippen LogP contribution in [0.15, 0.2) is 23.1 Å². The lowest BCUT2D eigenvalue weighted by molar-refractivity contribution is 0.120. The fourth-order valence-corrected chi connectivity index (χ4v) is 3.75. The molecule has 1 aliphatic carbocycles. The molecule has 0 radical (unpaired) electrons. The number of nitrogens with one attached hydrogen (secondary N) is 1. The van der Waals surface area contributed by atoms with Crippen molar-refractivity contribution in [3.05, 3.63) is 23.8 Å². The Kier molecular flexibility index (Phi) is 4.83. The molecule has 0 atom stereocenters. The van der Waals surface area contributed by atoms with E-state index in [9.17, 15) is 13.5 Å². The summed E-state index contributed by atoms with van der Waals surface area (Å²) in [6.45, 7) is 0. The minimum atomic E-state index is -3.67. The number of hydrogen-bond donors (Lipinski definition) is 2. The normalized spacial score (nSPS) is 22.5. The van der Waals surface area contributed by atoms with E-state index in [1.165, 1.54) is 25.3 Å². The quantitative estimate of drug-likeness (QED) is 0.869. The first-order valence-corrected chi connectivity index (χ1v) is 8.23. The fraction of sp³-hybridized carbons (Fsp3) is 0.500. The third-order valence-corrected chi connectivity index (χ3v) is 5.14. The zero-order chi connectivity index (χ0) is 15.5. The summed E-state index contributed by atoms with van der Waals surface area (Å²) in [5.74, 6) is 0.345. The summed E-state index contributed by atoms with van der Waals surface area (Å²) in [5, 5.41) is 18.5. The largest absolute Gasteiger partial charge is 0.495 e. The first-order chi connectivity index (χ1) is 9.96. The molecule has 1 aromatic rings. The van der Waals surface area contributed by atoms with Gasteiger partial charge in [-0.15, -0.1) is 0 Å². The van der Waals surface area contributed by atoms with Crippen LogP contribution in [0.4, 0.5) is 0 Å². The van der Waals surface area contributed by atoms with Crippen LogP contribution in [0.2, 0.25) is 0 Å². The van der Waals surface area contributed by atoms with Crippen molar-refractivity contribution in [2.45, 2.75) is 42.7 Å². The Balaban J connectivity index is 2.18. The highest BCUT2D eigenvalue weighted by Gasteiger charge is 2.25. The summed E-state index contributed by atoms with van der Waals surface area (Å²) >= 11 is 0. The van der Waals surface area contributed by atoms with E-state index in [0.717, 1.165) is 0 Å². The van der Waals surface area contributed by atoms with Crippen LogP contribution in [0.3, 0.4) is 0 Å². The second kappa shape index (κ2) is 6.43. The molecular weight excluding hydrogens is 292 g/mol. The van der Waals surface area contributed by atoms with Crippen molar-refractivity contribution in [1.82, 2.24) is 4.72 Å². The Morgan fingerprint density at radius 3 is 2.57 bits per heavy atom. The van der Waals surface area contributed by atoms with Gasteiger partial charge in [0, 0.05) is 6.04 Å². The molecule has 0 spiro atoms. The van der Waals surface area contributed by atoms with E-state index in [4.69, 9.17) is 10.00 Å². The van der Waals surface area contributed by atoms with E-state index < -0.39 is 10.0 Å². The minimum absolute atomic E-state index is 0.0472. The Morgan fingerprint density at radius 2 is 2.00 bits per heavy atom. The molecule has 0 aromatic heterocycles. The number of benzene rings is 1. The number of rotatable bonds is 4. The molecule has 0 aliphatic heterocycles. The summed E-state index contributed by atoms with van der Waals surface area (Å²) in [4.78, 5) is 0.0472. The highest BCUT2D eigenvalue weighted by Crippen LogP contribution is 2.24. The summed E-state index contributed by atoms with van der Waals surface area (Å²) in [6, 6.07) is 5.93. The molecule has 0 saturated heterocycles. The van der Waals surface area contributed by atoms with Crippen molar-refractivity contribution >= 4 is 10.0 Å². The Bertz CT molecular complexity index is 643. The zero-order valence-electron chi connectivity index (χ0n) is 11.7. The van der Waals surface area contributed by atoms with Gasteiger partial charge in [-0.25, -0.2) is 13.1 Å². The van der Waals surface area contributed by atoms with Gasteiger partial charge in [0.15, 0.2) is 0 Å². The molecule has 1 aliphatic rings. The predicted octanol–water partition coefficient (Wildman–Crippen LogP) is 1.15. The maximum Gasteiger partial charge on any atom is 0.240 e. The van der Waals surface area contributed by atoms with Crippen LogP contribution in [0.25, 0.3) is 0 Å². The van der Waals surface area contributed by atoms with Gasteiger partial charge in [0.05, 0.1) is 23.7 Å². The number of aliphatic hydroxyl groups excluding tert-OH is 1. The number of methoxy groups -OCH3 is 1. The van der Waals surface area contributed by atoms with Crippen LogP contribution < -0.4 is 9.46 Å². The van der Waals surface area contributed by atoms with Gasteiger partial charge in [-0.3, -0.25) is 0 Å². The van der Waals surface area contributed by atoms with Gasteiger partial charge >= 0.3 is 0 Å². The highest BCUT2D eigenvalue weighted by molar-refractivity contribution is 7.89.